The molecule has 14 heterocycles. The van der Waals surface area contributed by atoms with E-state index in [1.54, 1.807) is 22.7 Å². The Morgan fingerprint density at radius 3 is 0.887 bits per heavy atom. The molecule has 4 aliphatic heterocycles. The van der Waals surface area contributed by atoms with Crippen molar-refractivity contribution in [3.8, 4) is 112 Å². The number of fused-ring (bicyclic) bond motifs is 40. The molecule has 0 N–H and O–H groups in total. The predicted molar refractivity (Wildman–Crippen MR) is 559 cm³/mol. The largest absolute Gasteiger partial charge is 2.00 e. The molecular weight excluding hydrogens is 2460 g/mol. The Morgan fingerprint density at radius 2 is 0.563 bits per heavy atom. The molecule has 0 radical (unpaired) electrons. The van der Waals surface area contributed by atoms with Crippen molar-refractivity contribution in [1.29, 1.82) is 0 Å². The van der Waals surface area contributed by atoms with E-state index >= 15 is 0 Å². The van der Waals surface area contributed by atoms with Crippen LogP contribution in [0.25, 0.3) is 112 Å². The third kappa shape index (κ3) is 18.0. The van der Waals surface area contributed by atoms with Gasteiger partial charge in [0, 0.05) is 126 Å². The Hall–Kier alpha value is -11.6. The van der Waals surface area contributed by atoms with Gasteiger partial charge in [-0.3, -0.25) is 29.1 Å². The number of benzene rings is 10. The van der Waals surface area contributed by atoms with Gasteiger partial charge in [-0.1, -0.05) is 267 Å². The molecule has 0 saturated carbocycles. The molecule has 20 aromatic rings. The van der Waals surface area contributed by atoms with Crippen LogP contribution in [0.2, 0.25) is 0 Å². The summed E-state index contributed by atoms with van der Waals surface area (Å²) in [6, 6.07) is 102. The molecular formula is C118H104N16PdPt3S4. The fourth-order valence-electron chi connectivity index (χ4n) is 19.5. The molecule has 0 saturated heterocycles. The zero-order valence-electron chi connectivity index (χ0n) is 81.9. The van der Waals surface area contributed by atoms with Gasteiger partial charge >= 0.3 is 83.6 Å². The van der Waals surface area contributed by atoms with E-state index < -0.39 is 21.7 Å². The van der Waals surface area contributed by atoms with Crippen LogP contribution in [-0.4, -0.2) is 67.3 Å². The minimum absolute atomic E-state index is 0. The van der Waals surface area contributed by atoms with Crippen molar-refractivity contribution in [1.82, 2.24) is 77.2 Å². The number of aromatic nitrogens is 16. The number of nitrogens with zero attached hydrogens (tertiary/aromatic N) is 16. The summed E-state index contributed by atoms with van der Waals surface area (Å²) in [4.78, 5) is 52.4. The first-order valence-corrected chi connectivity index (χ1v) is 49.3. The zero-order valence-corrected chi connectivity index (χ0v) is 93.6. The second-order valence-corrected chi connectivity index (χ2v) is 43.1. The van der Waals surface area contributed by atoms with E-state index in [1.165, 1.54) is 0 Å². The fraction of sp³-hybridized carbons (Fsp3) is 0.220. The molecule has 0 fully saturated rings. The topological polar surface area (TPSA) is 161 Å². The molecule has 16 nitrogen and oxygen atoms in total. The second kappa shape index (κ2) is 38.9. The minimum Gasteiger partial charge on any atom is -0.779 e. The summed E-state index contributed by atoms with van der Waals surface area (Å²) in [6.07, 6.45) is 12.8. The SMILES string of the molecule is CC1(C)c2[c-]c(ccc2)-c2cn(-c3ccccc3)c(n2)C(C)(C)c2[c-]c(ccc2)-c2cn(-c3ccccc3)c1n2.CC1(C)c2cn(-c3ccccc3)c(n2)-c2cccc(c2[S-])C(C)(C)c2cn(-c3ccccc3)c(n2)-c2cccc1c2[S-].CC1(C)c2csc(n2)-c2ccc([n-]2)C(C)(C)c2csc(n2)-c2ccc1[n-]2.Cn1cc2nc1C(C)(C)c1[c-]c(ccc1)-c1cn(C)c(n1)C(C)(C)c1[c-]c-2ccc1.[Pd+2].[Pt+2].[Pt+2].[Pt+2]. The summed E-state index contributed by atoms with van der Waals surface area (Å²) < 4.78 is 13.0. The third-order valence-corrected chi connectivity index (χ3v) is 31.0. The van der Waals surface area contributed by atoms with Gasteiger partial charge in [0.1, 0.15) is 45.0 Å². The van der Waals surface area contributed by atoms with Crippen molar-refractivity contribution in [3.05, 3.63) is 418 Å². The van der Waals surface area contributed by atoms with E-state index in [9.17, 15) is 0 Å². The molecule has 10 aromatic heterocycles. The van der Waals surface area contributed by atoms with Crippen LogP contribution >= 0.6 is 22.7 Å². The van der Waals surface area contributed by atoms with Crippen molar-refractivity contribution in [2.45, 2.75) is 164 Å². The van der Waals surface area contributed by atoms with Crippen LogP contribution in [0.15, 0.2) is 313 Å². The van der Waals surface area contributed by atoms with Crippen LogP contribution in [0, 0.1) is 24.3 Å². The van der Waals surface area contributed by atoms with Gasteiger partial charge in [-0.25, -0.2) is 19.9 Å². The predicted octanol–water partition coefficient (Wildman–Crippen LogP) is 26.0. The summed E-state index contributed by atoms with van der Waals surface area (Å²) in [6.45, 7) is 35.1. The van der Waals surface area contributed by atoms with Crippen LogP contribution in [0.3, 0.4) is 0 Å². The van der Waals surface area contributed by atoms with Gasteiger partial charge in [0.2, 0.25) is 0 Å². The third-order valence-electron chi connectivity index (χ3n) is 28.4. The first kappa shape index (κ1) is 102. The van der Waals surface area contributed by atoms with E-state index in [0.29, 0.717) is 0 Å². The maximum absolute atomic E-state index is 6.27. The van der Waals surface area contributed by atoms with Gasteiger partial charge in [-0.05, 0) is 84.4 Å². The van der Waals surface area contributed by atoms with Gasteiger partial charge in [-0.15, -0.1) is 176 Å². The number of aryl methyl sites for hydroxylation is 2. The van der Waals surface area contributed by atoms with Gasteiger partial charge in [0.15, 0.2) is 0 Å². The van der Waals surface area contributed by atoms with Gasteiger partial charge in [0.25, 0.3) is 0 Å². The molecule has 142 heavy (non-hydrogen) atoms. The fourth-order valence-corrected chi connectivity index (χ4v) is 22.4. The molecule has 24 rings (SSSR count). The van der Waals surface area contributed by atoms with Gasteiger partial charge < -0.3 is 53.5 Å². The minimum atomic E-state index is -0.489. The molecule has 0 amide bonds. The van der Waals surface area contributed by atoms with E-state index in [2.05, 4.69) is 431 Å². The second-order valence-electron chi connectivity index (χ2n) is 40.5. The quantitative estimate of drug-likeness (QED) is 0.0933. The van der Waals surface area contributed by atoms with Crippen molar-refractivity contribution >= 4 is 47.9 Å². The molecule has 4 aliphatic rings. The molecule has 0 unspecified atom stereocenters. The Morgan fingerprint density at radius 1 is 0.275 bits per heavy atom. The van der Waals surface area contributed by atoms with Gasteiger partial charge in [-0.2, -0.15) is 9.79 Å². The molecule has 0 aliphatic carbocycles. The van der Waals surface area contributed by atoms with Crippen LogP contribution < -0.4 is 9.97 Å². The molecule has 32 bridgehead atoms. The van der Waals surface area contributed by atoms with Crippen LogP contribution in [0.4, 0.5) is 0 Å². The number of thiazole rings is 2. The zero-order chi connectivity index (χ0) is 96.1. The summed E-state index contributed by atoms with van der Waals surface area (Å²) in [7, 11) is 4.13. The monoisotopic (exact) mass is 2560 g/mol. The van der Waals surface area contributed by atoms with Crippen LogP contribution in [-0.2, 0) is 166 Å². The van der Waals surface area contributed by atoms with Crippen molar-refractivity contribution in [2.24, 2.45) is 14.1 Å². The first-order valence-electron chi connectivity index (χ1n) is 46.7. The molecule has 0 atom stereocenters. The Kier molecular flexibility index (Phi) is 27.9. The maximum Gasteiger partial charge on any atom is 2.00 e. The van der Waals surface area contributed by atoms with Crippen molar-refractivity contribution in [2.75, 3.05) is 0 Å². The molecule has 24 heteroatoms. The number of para-hydroxylation sites is 4. The summed E-state index contributed by atoms with van der Waals surface area (Å²) in [5.74, 6) is 5.55. The number of rotatable bonds is 4. The molecule has 10 aromatic carbocycles. The Labute approximate surface area is 907 Å². The summed E-state index contributed by atoms with van der Waals surface area (Å²) >= 11 is 15.8. The summed E-state index contributed by atoms with van der Waals surface area (Å²) in [5, 5.41) is 6.17. The van der Waals surface area contributed by atoms with Crippen molar-refractivity contribution in [3.63, 3.8) is 0 Å². The normalized spacial score (nSPS) is 15.1. The molecule has 0 spiro atoms. The van der Waals surface area contributed by atoms with E-state index in [1.807, 2.05) is 48.5 Å². The number of hydrogen-bond donors (Lipinski definition) is 0. The van der Waals surface area contributed by atoms with E-state index in [4.69, 9.17) is 75.1 Å². The number of hydrogen-bond acceptors (Lipinski definition) is 12. The smallest absolute Gasteiger partial charge is 0.779 e. The van der Waals surface area contributed by atoms with Crippen molar-refractivity contribution < 1.29 is 83.6 Å². The van der Waals surface area contributed by atoms with Crippen LogP contribution in [0.1, 0.15) is 202 Å². The average molecular weight is 2570 g/mol. The van der Waals surface area contributed by atoms with Crippen LogP contribution in [0.5, 0.6) is 0 Å². The summed E-state index contributed by atoms with van der Waals surface area (Å²) in [5.41, 5.74) is 24.9. The van der Waals surface area contributed by atoms with E-state index in [0.717, 1.165) is 213 Å². The maximum atomic E-state index is 6.27. The number of imidazole rings is 6. The van der Waals surface area contributed by atoms with Gasteiger partial charge in [0.05, 0.1) is 22.8 Å². The Bertz CT molecular complexity index is 7490. The average Bonchev–Trinajstić information content (AvgIpc) is 1.40. The first-order chi connectivity index (χ1) is 66.0. The standard InChI is InChI=1S/C36H32N4S2.C36H30N4.C26H26N4.C20H18N4S2.Pd.3Pt/c1-35(2)27-19-11-17-25(31(27)41)34-38-30(22-40(34)24-15-9-6-10-16-24)36(3,4)28-20-12-18-26(32(28)42)33-37-29(35)21-39(33)23-13-7-5-8-14-23;1-35(2)27-15-11-13-25(21-27)32-24-40(30-19-9-6-10-20-30)34(38-32)36(3,4)28-16-12-14-26(22-28)31-23-39(33(35)37-31)29-17-7-5-8-18-29;1-25(2)19-11-7-9-17(13-19)22-16-30(6)24(28-22)26(3,4)20-12-8-10-18(14-20)21-15-29(5)23(25)27-21;1-19(2)13-7-5-11(21-13)18-24-16(10-26-18)20(3,4)14-8-6-12(22-14)17-23-15(19)9-25-17;;;;/h5-22,41-42H,1-4H3;5-20,23-24H,1-4H3;7-12,15-16H,1-6H3;5-10H,1-4H3;;;;/q;3*-2;4*+2/p-2. The Balaban J connectivity index is 0.000000131. The molecule has 720 valence electrons. The van der Waals surface area contributed by atoms with E-state index in [-0.39, 0.29) is 105 Å².